The summed E-state index contributed by atoms with van der Waals surface area (Å²) in [5.74, 6) is 1.34. The number of esters is 1. The average molecular weight is 451 g/mol. The van der Waals surface area contributed by atoms with Crippen LogP contribution in [0, 0.1) is 11.8 Å². The van der Waals surface area contributed by atoms with E-state index >= 15 is 0 Å². The Kier molecular flexibility index (Phi) is 8.09. The first kappa shape index (κ1) is 24.3. The van der Waals surface area contributed by atoms with Crippen LogP contribution >= 0.6 is 0 Å². The van der Waals surface area contributed by atoms with Gasteiger partial charge in [0.15, 0.2) is 0 Å². The van der Waals surface area contributed by atoms with Crippen molar-refractivity contribution >= 4 is 34.5 Å². The van der Waals surface area contributed by atoms with Crippen LogP contribution in [0.3, 0.4) is 0 Å². The smallest absolute Gasteiger partial charge is 0.337 e. The molecule has 33 heavy (non-hydrogen) atoms. The van der Waals surface area contributed by atoms with Crippen molar-refractivity contribution < 1.29 is 14.3 Å². The van der Waals surface area contributed by atoms with Gasteiger partial charge in [-0.15, -0.1) is 0 Å². The Morgan fingerprint density at radius 2 is 1.58 bits per heavy atom. The first-order chi connectivity index (χ1) is 15.8. The number of rotatable bonds is 10. The summed E-state index contributed by atoms with van der Waals surface area (Å²) in [4.78, 5) is 34.6. The standard InChI is InChI=1S/C26H34N4O3/c1-17(2)12-14-30(15-13-18(3)4)24(31)20-8-11-22-23(16-20)29-26(28-22)27-21-9-6-19(7-10-21)25(32)33-5/h6-11,16-18H,12-15H2,1-5H3,(H2,27,28,29). The number of methoxy groups -OCH3 is 1. The number of fused-ring (bicyclic) bond motifs is 1. The molecule has 0 aliphatic rings. The zero-order valence-corrected chi connectivity index (χ0v) is 20.1. The molecule has 0 radical (unpaired) electrons. The highest BCUT2D eigenvalue weighted by Crippen LogP contribution is 2.21. The molecular formula is C26H34N4O3. The number of nitrogens with zero attached hydrogens (tertiary/aromatic N) is 2. The molecule has 0 bridgehead atoms. The van der Waals surface area contributed by atoms with Gasteiger partial charge in [-0.3, -0.25) is 4.79 Å². The molecule has 0 aliphatic heterocycles. The predicted octanol–water partition coefficient (Wildman–Crippen LogP) is 5.63. The normalized spacial score (nSPS) is 11.2. The Bertz CT molecular complexity index is 1070. The van der Waals surface area contributed by atoms with E-state index in [2.05, 4.69) is 43.0 Å². The molecule has 3 aromatic rings. The fourth-order valence-corrected chi connectivity index (χ4v) is 3.47. The van der Waals surface area contributed by atoms with Crippen molar-refractivity contribution in [1.82, 2.24) is 14.9 Å². The van der Waals surface area contributed by atoms with Gasteiger partial charge in [0.2, 0.25) is 5.95 Å². The minimum absolute atomic E-state index is 0.0562. The average Bonchev–Trinajstić information content (AvgIpc) is 3.19. The lowest BCUT2D eigenvalue weighted by molar-refractivity contribution is 0.0600. The van der Waals surface area contributed by atoms with Crippen LogP contribution in [0.25, 0.3) is 11.0 Å². The number of anilines is 2. The van der Waals surface area contributed by atoms with Gasteiger partial charge >= 0.3 is 5.97 Å². The number of carbonyl (C=O) groups excluding carboxylic acids is 2. The van der Waals surface area contributed by atoms with E-state index in [0.29, 0.717) is 28.9 Å². The maximum absolute atomic E-state index is 13.3. The maximum Gasteiger partial charge on any atom is 0.337 e. The molecule has 2 aromatic carbocycles. The van der Waals surface area contributed by atoms with E-state index in [1.807, 2.05) is 23.1 Å². The highest BCUT2D eigenvalue weighted by molar-refractivity contribution is 5.97. The molecule has 1 amide bonds. The fraction of sp³-hybridized carbons (Fsp3) is 0.423. The van der Waals surface area contributed by atoms with Crippen LogP contribution in [-0.4, -0.2) is 46.9 Å². The summed E-state index contributed by atoms with van der Waals surface area (Å²) in [5.41, 5.74) is 3.49. The molecule has 7 nitrogen and oxygen atoms in total. The van der Waals surface area contributed by atoms with Gasteiger partial charge in [-0.05, 0) is 67.1 Å². The second kappa shape index (κ2) is 11.0. The second-order valence-corrected chi connectivity index (χ2v) is 9.17. The first-order valence-corrected chi connectivity index (χ1v) is 11.5. The molecule has 7 heteroatoms. The maximum atomic E-state index is 13.3. The molecule has 176 valence electrons. The molecule has 0 fully saturated rings. The van der Waals surface area contributed by atoms with Gasteiger partial charge in [-0.1, -0.05) is 27.7 Å². The molecule has 0 spiro atoms. The number of carbonyl (C=O) groups is 2. The van der Waals surface area contributed by atoms with Crippen molar-refractivity contribution in [1.29, 1.82) is 0 Å². The number of hydrogen-bond acceptors (Lipinski definition) is 5. The number of nitrogens with one attached hydrogen (secondary N) is 2. The molecule has 0 saturated heterocycles. The Morgan fingerprint density at radius 3 is 2.15 bits per heavy atom. The predicted molar refractivity (Wildman–Crippen MR) is 132 cm³/mol. The summed E-state index contributed by atoms with van der Waals surface area (Å²) in [6.07, 6.45) is 1.97. The third kappa shape index (κ3) is 6.57. The number of aromatic amines is 1. The Labute approximate surface area is 195 Å². The minimum Gasteiger partial charge on any atom is -0.465 e. The lowest BCUT2D eigenvalue weighted by atomic mass is 10.1. The van der Waals surface area contributed by atoms with Gasteiger partial charge in [0.25, 0.3) is 5.91 Å². The molecule has 0 unspecified atom stereocenters. The van der Waals surface area contributed by atoms with Crippen LogP contribution in [0.2, 0.25) is 0 Å². The van der Waals surface area contributed by atoms with Crippen molar-refractivity contribution in [3.05, 3.63) is 53.6 Å². The van der Waals surface area contributed by atoms with Gasteiger partial charge in [0, 0.05) is 24.3 Å². The van der Waals surface area contributed by atoms with E-state index in [1.54, 1.807) is 24.3 Å². The summed E-state index contributed by atoms with van der Waals surface area (Å²) in [5, 5.41) is 3.20. The summed E-state index contributed by atoms with van der Waals surface area (Å²) in [6.45, 7) is 10.2. The SMILES string of the molecule is COC(=O)c1ccc(Nc2nc3ccc(C(=O)N(CCC(C)C)CCC(C)C)cc3[nH]2)cc1. The lowest BCUT2D eigenvalue weighted by Crippen LogP contribution is -2.34. The molecule has 3 rings (SSSR count). The minimum atomic E-state index is -0.377. The van der Waals surface area contributed by atoms with Crippen LogP contribution in [0.1, 0.15) is 61.3 Å². The second-order valence-electron chi connectivity index (χ2n) is 9.17. The third-order valence-corrected chi connectivity index (χ3v) is 5.54. The van der Waals surface area contributed by atoms with Gasteiger partial charge in [0.05, 0.1) is 23.7 Å². The quantitative estimate of drug-likeness (QED) is 0.391. The van der Waals surface area contributed by atoms with Crippen molar-refractivity contribution in [2.75, 3.05) is 25.5 Å². The molecule has 0 aliphatic carbocycles. The number of imidazole rings is 1. The Morgan fingerprint density at radius 1 is 0.970 bits per heavy atom. The molecule has 0 saturated carbocycles. The van der Waals surface area contributed by atoms with Gasteiger partial charge < -0.3 is 19.9 Å². The van der Waals surface area contributed by atoms with Crippen molar-refractivity contribution in [3.63, 3.8) is 0 Å². The van der Waals surface area contributed by atoms with E-state index in [-0.39, 0.29) is 11.9 Å². The summed E-state index contributed by atoms with van der Waals surface area (Å²) in [6, 6.07) is 12.5. The number of H-pyrrole nitrogens is 1. The zero-order chi connectivity index (χ0) is 24.0. The summed E-state index contributed by atoms with van der Waals surface area (Å²) < 4.78 is 4.73. The number of benzene rings is 2. The van der Waals surface area contributed by atoms with Crippen molar-refractivity contribution in [2.45, 2.75) is 40.5 Å². The molecule has 1 heterocycles. The molecule has 2 N–H and O–H groups in total. The number of ether oxygens (including phenoxy) is 1. The van der Waals surface area contributed by atoms with E-state index in [9.17, 15) is 9.59 Å². The molecule has 0 atom stereocenters. The van der Waals surface area contributed by atoms with Gasteiger partial charge in [-0.25, -0.2) is 9.78 Å². The lowest BCUT2D eigenvalue weighted by Gasteiger charge is -2.24. The first-order valence-electron chi connectivity index (χ1n) is 11.5. The Balaban J connectivity index is 1.76. The number of hydrogen-bond donors (Lipinski definition) is 2. The molecular weight excluding hydrogens is 416 g/mol. The summed E-state index contributed by atoms with van der Waals surface area (Å²) in [7, 11) is 1.36. The fourth-order valence-electron chi connectivity index (χ4n) is 3.47. The zero-order valence-electron chi connectivity index (χ0n) is 20.1. The topological polar surface area (TPSA) is 87.3 Å². The highest BCUT2D eigenvalue weighted by atomic mass is 16.5. The summed E-state index contributed by atoms with van der Waals surface area (Å²) >= 11 is 0. The van der Waals surface area contributed by atoms with Gasteiger partial charge in [0.1, 0.15) is 0 Å². The van der Waals surface area contributed by atoms with Crippen LogP contribution in [0.15, 0.2) is 42.5 Å². The van der Waals surface area contributed by atoms with E-state index < -0.39 is 0 Å². The van der Waals surface area contributed by atoms with Crippen LogP contribution in [-0.2, 0) is 4.74 Å². The van der Waals surface area contributed by atoms with Crippen LogP contribution in [0.4, 0.5) is 11.6 Å². The van der Waals surface area contributed by atoms with E-state index in [1.165, 1.54) is 7.11 Å². The Hall–Kier alpha value is -3.35. The van der Waals surface area contributed by atoms with E-state index in [0.717, 1.165) is 42.7 Å². The number of amides is 1. The largest absolute Gasteiger partial charge is 0.465 e. The van der Waals surface area contributed by atoms with Crippen molar-refractivity contribution in [3.8, 4) is 0 Å². The van der Waals surface area contributed by atoms with Crippen molar-refractivity contribution in [2.24, 2.45) is 11.8 Å². The van der Waals surface area contributed by atoms with Gasteiger partial charge in [-0.2, -0.15) is 0 Å². The van der Waals surface area contributed by atoms with E-state index in [4.69, 9.17) is 4.74 Å². The highest BCUT2D eigenvalue weighted by Gasteiger charge is 2.18. The molecule has 1 aromatic heterocycles. The number of aromatic nitrogens is 2. The monoisotopic (exact) mass is 450 g/mol. The van der Waals surface area contributed by atoms with Crippen LogP contribution in [0.5, 0.6) is 0 Å². The third-order valence-electron chi connectivity index (χ3n) is 5.54. The van der Waals surface area contributed by atoms with Crippen LogP contribution < -0.4 is 5.32 Å².